The predicted molar refractivity (Wildman–Crippen MR) is 152 cm³/mol. The summed E-state index contributed by atoms with van der Waals surface area (Å²) in [5.74, 6) is 0.759. The summed E-state index contributed by atoms with van der Waals surface area (Å²) in [7, 11) is -2.67. The number of rotatable bonds is 13. The molecule has 0 radical (unpaired) electrons. The van der Waals surface area contributed by atoms with Crippen molar-refractivity contribution < 1.29 is 27.4 Å². The molecule has 0 spiro atoms. The van der Waals surface area contributed by atoms with Crippen LogP contribution < -0.4 is 23.9 Å². The number of aryl methyl sites for hydroxylation is 2. The van der Waals surface area contributed by atoms with Crippen molar-refractivity contribution in [1.82, 2.24) is 5.43 Å². The zero-order valence-electron chi connectivity index (χ0n) is 22.5. The molecule has 0 aromatic heterocycles. The summed E-state index contributed by atoms with van der Waals surface area (Å²) < 4.78 is 45.0. The van der Waals surface area contributed by atoms with Crippen molar-refractivity contribution >= 4 is 27.8 Å². The smallest absolute Gasteiger partial charge is 0.264 e. The molecule has 0 aliphatic rings. The van der Waals surface area contributed by atoms with E-state index < -0.39 is 22.5 Å². The van der Waals surface area contributed by atoms with Crippen LogP contribution in [0, 0.1) is 13.8 Å². The molecule has 0 aliphatic heterocycles. The number of methoxy groups -OCH3 is 1. The molecule has 9 nitrogen and oxygen atoms in total. The molecule has 3 aromatic rings. The molecule has 0 heterocycles. The summed E-state index contributed by atoms with van der Waals surface area (Å²) in [5, 5.41) is 4.02. The highest BCUT2D eigenvalue weighted by molar-refractivity contribution is 7.92. The Morgan fingerprint density at radius 2 is 1.67 bits per heavy atom. The largest absolute Gasteiger partial charge is 0.495 e. The first-order valence-corrected chi connectivity index (χ1v) is 13.7. The van der Waals surface area contributed by atoms with E-state index in [2.05, 4.69) is 17.1 Å². The Bertz CT molecular complexity index is 1440. The van der Waals surface area contributed by atoms with Gasteiger partial charge in [-0.3, -0.25) is 9.10 Å². The Kier molecular flexibility index (Phi) is 10.1. The first-order valence-electron chi connectivity index (χ1n) is 12.3. The zero-order valence-corrected chi connectivity index (χ0v) is 23.3. The Balaban J connectivity index is 1.86. The molecule has 0 bridgehead atoms. The third kappa shape index (κ3) is 7.61. The minimum absolute atomic E-state index is 0.0511. The summed E-state index contributed by atoms with van der Waals surface area (Å²) in [6.07, 6.45) is 3.07. The van der Waals surface area contributed by atoms with E-state index in [0.29, 0.717) is 36.0 Å². The first kappa shape index (κ1) is 29.2. The number of amides is 1. The minimum Gasteiger partial charge on any atom is -0.495 e. The molecule has 0 aliphatic carbocycles. The monoisotopic (exact) mass is 551 g/mol. The second-order valence-corrected chi connectivity index (χ2v) is 10.4. The number of carbonyl (C=O) groups is 1. The average molecular weight is 552 g/mol. The van der Waals surface area contributed by atoms with Gasteiger partial charge in [0, 0.05) is 0 Å². The lowest BCUT2D eigenvalue weighted by Crippen LogP contribution is -2.39. The number of nitrogens with zero attached hydrogens (tertiary/aromatic N) is 2. The molecule has 39 heavy (non-hydrogen) atoms. The maximum Gasteiger partial charge on any atom is 0.264 e. The van der Waals surface area contributed by atoms with E-state index in [1.54, 1.807) is 54.6 Å². The normalized spacial score (nSPS) is 11.2. The maximum atomic E-state index is 13.7. The van der Waals surface area contributed by atoms with Crippen molar-refractivity contribution in [3.63, 3.8) is 0 Å². The highest BCUT2D eigenvalue weighted by atomic mass is 32.2. The van der Waals surface area contributed by atoms with Crippen molar-refractivity contribution in [2.45, 2.75) is 25.7 Å². The van der Waals surface area contributed by atoms with Gasteiger partial charge >= 0.3 is 0 Å². The van der Waals surface area contributed by atoms with Crippen LogP contribution in [0.15, 0.2) is 83.3 Å². The average Bonchev–Trinajstić information content (AvgIpc) is 2.91. The third-order valence-electron chi connectivity index (χ3n) is 5.53. The number of carbonyl (C=O) groups excluding carboxylic acids is 1. The molecule has 0 saturated heterocycles. The van der Waals surface area contributed by atoms with E-state index in [1.165, 1.54) is 25.5 Å². The van der Waals surface area contributed by atoms with Crippen LogP contribution in [0.1, 0.15) is 23.6 Å². The van der Waals surface area contributed by atoms with Crippen LogP contribution in [0.4, 0.5) is 5.69 Å². The zero-order chi connectivity index (χ0) is 28.4. The lowest BCUT2D eigenvalue weighted by molar-refractivity contribution is -0.119. The molecule has 3 rings (SSSR count). The van der Waals surface area contributed by atoms with Crippen LogP contribution in [-0.4, -0.2) is 47.4 Å². The van der Waals surface area contributed by atoms with Crippen LogP contribution >= 0.6 is 0 Å². The molecule has 0 unspecified atom stereocenters. The van der Waals surface area contributed by atoms with E-state index in [4.69, 9.17) is 14.2 Å². The van der Waals surface area contributed by atoms with Crippen LogP contribution in [0.3, 0.4) is 0 Å². The number of hydrazone groups is 1. The van der Waals surface area contributed by atoms with Gasteiger partial charge in [-0.25, -0.2) is 13.8 Å². The summed E-state index contributed by atoms with van der Waals surface area (Å²) in [4.78, 5) is 13.0. The molecule has 3 aromatic carbocycles. The van der Waals surface area contributed by atoms with Crippen molar-refractivity contribution in [3.8, 4) is 17.2 Å². The number of ether oxygens (including phenoxy) is 3. The van der Waals surface area contributed by atoms with Gasteiger partial charge in [-0.15, -0.1) is 0 Å². The van der Waals surface area contributed by atoms with Gasteiger partial charge in [0.25, 0.3) is 15.9 Å². The van der Waals surface area contributed by atoms with Crippen LogP contribution in [0.5, 0.6) is 17.2 Å². The fourth-order valence-corrected chi connectivity index (χ4v) is 5.04. The summed E-state index contributed by atoms with van der Waals surface area (Å²) in [5.41, 5.74) is 5.02. The molecular weight excluding hydrogens is 518 g/mol. The summed E-state index contributed by atoms with van der Waals surface area (Å²) >= 11 is 0. The molecule has 1 N–H and O–H groups in total. The number of hydrogen-bond donors (Lipinski definition) is 1. The summed E-state index contributed by atoms with van der Waals surface area (Å²) in [6, 6.07) is 16.8. The van der Waals surface area contributed by atoms with E-state index in [0.717, 1.165) is 15.4 Å². The van der Waals surface area contributed by atoms with Gasteiger partial charge < -0.3 is 14.2 Å². The fourth-order valence-electron chi connectivity index (χ4n) is 3.62. The highest BCUT2D eigenvalue weighted by Crippen LogP contribution is 2.33. The van der Waals surface area contributed by atoms with E-state index in [-0.39, 0.29) is 10.6 Å². The molecule has 10 heteroatoms. The van der Waals surface area contributed by atoms with Crippen molar-refractivity contribution in [1.29, 1.82) is 0 Å². The second-order valence-electron chi connectivity index (χ2n) is 8.53. The lowest BCUT2D eigenvalue weighted by atomic mass is 10.2. The molecule has 0 fully saturated rings. The van der Waals surface area contributed by atoms with Crippen molar-refractivity contribution in [2.75, 3.05) is 31.2 Å². The summed E-state index contributed by atoms with van der Waals surface area (Å²) in [6.45, 7) is 9.44. The fraction of sp³-hybridized carbons (Fsp3) is 0.241. The topological polar surface area (TPSA) is 107 Å². The number of sulfonamides is 1. The number of hydrogen-bond acceptors (Lipinski definition) is 7. The molecule has 0 atom stereocenters. The van der Waals surface area contributed by atoms with Gasteiger partial charge in [-0.1, -0.05) is 36.4 Å². The van der Waals surface area contributed by atoms with Crippen molar-refractivity contribution in [3.05, 3.63) is 90.0 Å². The lowest BCUT2D eigenvalue weighted by Gasteiger charge is -2.25. The molecule has 206 valence electrons. The molecule has 1 amide bonds. The Morgan fingerprint density at radius 1 is 0.974 bits per heavy atom. The van der Waals surface area contributed by atoms with E-state index in [1.807, 2.05) is 20.8 Å². The van der Waals surface area contributed by atoms with Crippen LogP contribution in [0.25, 0.3) is 0 Å². The predicted octanol–water partition coefficient (Wildman–Crippen LogP) is 4.62. The van der Waals surface area contributed by atoms with Gasteiger partial charge in [-0.2, -0.15) is 5.10 Å². The van der Waals surface area contributed by atoms with Crippen LogP contribution in [-0.2, 0) is 14.8 Å². The SMILES string of the molecule is C=CCOc1ccc(/C=N\NC(=O)CN(c2cc(C)ccc2OC)S(=O)(=O)c2ccc(C)cc2)cc1OCC. The number of benzene rings is 3. The Hall–Kier alpha value is -4.31. The Morgan fingerprint density at radius 3 is 2.33 bits per heavy atom. The standard InChI is InChI=1S/C29H33N3O6S/c1-6-16-38-27-15-11-23(18-28(27)37-7-2)19-30-31-29(33)20-32(25-17-22(4)10-14-26(25)36-5)39(34,35)24-12-8-21(3)9-13-24/h6,8-15,17-19H,1,7,16,20H2,2-5H3,(H,31,33)/b30-19-. The van der Waals surface area contributed by atoms with Gasteiger partial charge in [0.2, 0.25) is 0 Å². The van der Waals surface area contributed by atoms with E-state index in [9.17, 15) is 13.2 Å². The highest BCUT2D eigenvalue weighted by Gasteiger charge is 2.29. The van der Waals surface area contributed by atoms with Gasteiger partial charge in [0.05, 0.1) is 30.5 Å². The molecular formula is C29H33N3O6S. The maximum absolute atomic E-state index is 13.7. The Labute approximate surface area is 229 Å². The minimum atomic E-state index is -4.11. The quantitative estimate of drug-likeness (QED) is 0.189. The van der Waals surface area contributed by atoms with E-state index >= 15 is 0 Å². The van der Waals surface area contributed by atoms with Gasteiger partial charge in [0.15, 0.2) is 11.5 Å². The van der Waals surface area contributed by atoms with Gasteiger partial charge in [0.1, 0.15) is 18.9 Å². The number of anilines is 1. The first-order chi connectivity index (χ1) is 18.7. The van der Waals surface area contributed by atoms with Crippen molar-refractivity contribution in [2.24, 2.45) is 5.10 Å². The second kappa shape index (κ2) is 13.5. The van der Waals surface area contributed by atoms with Gasteiger partial charge in [-0.05, 0) is 74.4 Å². The van der Waals surface area contributed by atoms with Crippen LogP contribution in [0.2, 0.25) is 0 Å². The molecule has 0 saturated carbocycles. The third-order valence-corrected chi connectivity index (χ3v) is 7.30. The number of nitrogens with one attached hydrogen (secondary N) is 1.